The lowest BCUT2D eigenvalue weighted by Gasteiger charge is -2.26. The molecule has 0 amide bonds. The highest BCUT2D eigenvalue weighted by Crippen LogP contribution is 2.45. The van der Waals surface area contributed by atoms with E-state index in [1.165, 1.54) is 5.56 Å². The Balaban J connectivity index is 0.000000306. The number of aldehydes is 1. The highest BCUT2D eigenvalue weighted by molar-refractivity contribution is 7.00. The number of aliphatic hydroxyl groups is 1. The SMILES string of the molecule is Cc1ccc(C=O)cc1.Cc1ccc(CC2=C(c3ccc4nsnc4c3)C(=O)OC2(O)c2ccc(C)cc2)cc1. The molecule has 0 saturated heterocycles. The Morgan fingerprint density at radius 2 is 1.38 bits per heavy atom. The zero-order chi connectivity index (χ0) is 28.3. The van der Waals surface area contributed by atoms with Gasteiger partial charge >= 0.3 is 5.97 Å². The number of hydrogen-bond acceptors (Lipinski definition) is 7. The minimum Gasteiger partial charge on any atom is -0.421 e. The molecule has 0 aliphatic carbocycles. The van der Waals surface area contributed by atoms with Crippen molar-refractivity contribution in [2.75, 3.05) is 0 Å². The standard InChI is InChI=1S/C25H20N2O3S.C8H8O/c1-15-3-7-17(8-4-15)13-20-23(18-9-12-21-22(14-18)27-31-26-21)24(28)30-25(20,29)19-10-5-16(2)6-11-19;1-7-2-4-8(6-9)5-3-7/h3-12,14,29H,13H2,1-2H3;2-6H,1H3. The van der Waals surface area contributed by atoms with Crippen LogP contribution in [0.1, 0.15) is 43.7 Å². The third-order valence-electron chi connectivity index (χ3n) is 6.86. The van der Waals surface area contributed by atoms with Crippen molar-refractivity contribution >= 4 is 40.6 Å². The van der Waals surface area contributed by atoms with Crippen LogP contribution < -0.4 is 0 Å². The monoisotopic (exact) mass is 548 g/mol. The third-order valence-corrected chi connectivity index (χ3v) is 7.41. The number of carbonyl (C=O) groups excluding carboxylic acids is 2. The van der Waals surface area contributed by atoms with E-state index in [2.05, 4.69) is 8.75 Å². The molecule has 6 rings (SSSR count). The van der Waals surface area contributed by atoms with E-state index in [0.29, 0.717) is 34.2 Å². The molecule has 40 heavy (non-hydrogen) atoms. The molecule has 1 unspecified atom stereocenters. The van der Waals surface area contributed by atoms with Crippen LogP contribution in [0.3, 0.4) is 0 Å². The normalized spacial score (nSPS) is 16.4. The van der Waals surface area contributed by atoms with Crippen LogP contribution in [0.15, 0.2) is 96.6 Å². The maximum atomic E-state index is 13.1. The van der Waals surface area contributed by atoms with Gasteiger partial charge in [0, 0.05) is 23.1 Å². The van der Waals surface area contributed by atoms with Gasteiger partial charge in [0.1, 0.15) is 17.3 Å². The Morgan fingerprint density at radius 3 is 2.00 bits per heavy atom. The molecule has 5 aromatic rings. The Bertz CT molecular complexity index is 1700. The van der Waals surface area contributed by atoms with Gasteiger partial charge in [0.05, 0.1) is 17.3 Å². The predicted octanol–water partition coefficient (Wildman–Crippen LogP) is 6.51. The first kappa shape index (κ1) is 27.1. The van der Waals surface area contributed by atoms with Crippen molar-refractivity contribution in [1.29, 1.82) is 0 Å². The number of esters is 1. The lowest BCUT2D eigenvalue weighted by atomic mass is 9.87. The summed E-state index contributed by atoms with van der Waals surface area (Å²) in [5, 5.41) is 11.7. The molecule has 0 fully saturated rings. The van der Waals surface area contributed by atoms with Crippen LogP contribution in [0, 0.1) is 20.8 Å². The number of ether oxygens (including phenoxy) is 1. The van der Waals surface area contributed by atoms with E-state index in [1.807, 2.05) is 99.6 Å². The number of hydrogen-bond donors (Lipinski definition) is 1. The second kappa shape index (κ2) is 11.3. The molecule has 1 aliphatic heterocycles. The lowest BCUT2D eigenvalue weighted by molar-refractivity contribution is -0.185. The molecule has 2 heterocycles. The van der Waals surface area contributed by atoms with Gasteiger partial charge in [0.15, 0.2) is 0 Å². The second-order valence-electron chi connectivity index (χ2n) is 9.91. The van der Waals surface area contributed by atoms with Crippen LogP contribution >= 0.6 is 11.7 Å². The number of nitrogens with zero attached hydrogens (tertiary/aromatic N) is 2. The number of aryl methyl sites for hydroxylation is 3. The Labute approximate surface area is 236 Å². The topological polar surface area (TPSA) is 89.4 Å². The summed E-state index contributed by atoms with van der Waals surface area (Å²) in [6.45, 7) is 5.99. The fourth-order valence-electron chi connectivity index (χ4n) is 4.55. The van der Waals surface area contributed by atoms with Crippen molar-refractivity contribution in [3.63, 3.8) is 0 Å². The Morgan fingerprint density at radius 1 is 0.800 bits per heavy atom. The van der Waals surface area contributed by atoms with Crippen LogP contribution in [0.2, 0.25) is 0 Å². The van der Waals surface area contributed by atoms with Crippen LogP contribution in [-0.4, -0.2) is 26.1 Å². The van der Waals surface area contributed by atoms with Gasteiger partial charge in [0.25, 0.3) is 5.79 Å². The van der Waals surface area contributed by atoms with Crippen LogP contribution in [-0.2, 0) is 21.7 Å². The number of carbonyl (C=O) groups is 2. The van der Waals surface area contributed by atoms with E-state index in [9.17, 15) is 14.7 Å². The summed E-state index contributed by atoms with van der Waals surface area (Å²) in [5.74, 6) is -2.38. The van der Waals surface area contributed by atoms with Crippen molar-refractivity contribution in [2.24, 2.45) is 0 Å². The molecular formula is C33H28N2O4S. The molecule has 1 aromatic heterocycles. The molecule has 0 saturated carbocycles. The minimum absolute atomic E-state index is 0.374. The van der Waals surface area contributed by atoms with Crippen molar-refractivity contribution in [3.8, 4) is 0 Å². The molecular weight excluding hydrogens is 520 g/mol. The summed E-state index contributed by atoms with van der Waals surface area (Å²) in [6.07, 6.45) is 1.22. The molecule has 1 aliphatic rings. The van der Waals surface area contributed by atoms with Gasteiger partial charge in [-0.05, 0) is 44.0 Å². The zero-order valence-corrected chi connectivity index (χ0v) is 23.2. The lowest BCUT2D eigenvalue weighted by Crippen LogP contribution is -2.29. The molecule has 0 radical (unpaired) electrons. The maximum absolute atomic E-state index is 13.1. The summed E-state index contributed by atoms with van der Waals surface area (Å²) >= 11 is 1.13. The molecule has 200 valence electrons. The molecule has 6 nitrogen and oxygen atoms in total. The number of benzene rings is 4. The molecule has 1 atom stereocenters. The number of fused-ring (bicyclic) bond motifs is 1. The van der Waals surface area contributed by atoms with Gasteiger partial charge in [-0.3, -0.25) is 4.79 Å². The van der Waals surface area contributed by atoms with E-state index in [4.69, 9.17) is 4.74 Å². The first-order valence-electron chi connectivity index (χ1n) is 12.8. The fourth-order valence-corrected chi connectivity index (χ4v) is 5.06. The molecule has 1 N–H and O–H groups in total. The highest BCUT2D eigenvalue weighted by atomic mass is 32.1. The summed E-state index contributed by atoms with van der Waals surface area (Å²) in [6, 6.07) is 28.4. The number of aromatic nitrogens is 2. The van der Waals surface area contributed by atoms with Crippen molar-refractivity contribution in [1.82, 2.24) is 8.75 Å². The Hall–Kier alpha value is -4.46. The summed E-state index contributed by atoms with van der Waals surface area (Å²) < 4.78 is 14.2. The van der Waals surface area contributed by atoms with Crippen molar-refractivity contribution in [2.45, 2.75) is 33.0 Å². The average Bonchev–Trinajstić information content (AvgIpc) is 3.52. The average molecular weight is 549 g/mol. The van der Waals surface area contributed by atoms with Gasteiger partial charge in [-0.1, -0.05) is 95.6 Å². The summed E-state index contributed by atoms with van der Waals surface area (Å²) in [4.78, 5) is 23.2. The highest BCUT2D eigenvalue weighted by Gasteiger charge is 2.48. The fraction of sp³-hybridized carbons (Fsp3) is 0.152. The van der Waals surface area contributed by atoms with E-state index in [-0.39, 0.29) is 0 Å². The number of rotatable bonds is 5. The molecule has 0 spiro atoms. The van der Waals surface area contributed by atoms with Crippen LogP contribution in [0.5, 0.6) is 0 Å². The first-order valence-corrected chi connectivity index (χ1v) is 13.6. The predicted molar refractivity (Wildman–Crippen MR) is 157 cm³/mol. The van der Waals surface area contributed by atoms with Gasteiger partial charge in [-0.25, -0.2) is 4.79 Å². The van der Waals surface area contributed by atoms with Gasteiger partial charge in [-0.15, -0.1) is 0 Å². The minimum atomic E-state index is -1.83. The third kappa shape index (κ3) is 5.61. The largest absolute Gasteiger partial charge is 0.421 e. The van der Waals surface area contributed by atoms with E-state index in [1.54, 1.807) is 12.1 Å². The van der Waals surface area contributed by atoms with Gasteiger partial charge < -0.3 is 9.84 Å². The van der Waals surface area contributed by atoms with Crippen LogP contribution in [0.25, 0.3) is 16.6 Å². The molecule has 7 heteroatoms. The van der Waals surface area contributed by atoms with Gasteiger partial charge in [-0.2, -0.15) is 8.75 Å². The maximum Gasteiger partial charge on any atom is 0.342 e. The van der Waals surface area contributed by atoms with E-state index < -0.39 is 11.8 Å². The summed E-state index contributed by atoms with van der Waals surface area (Å²) in [5.41, 5.74) is 8.67. The van der Waals surface area contributed by atoms with Crippen molar-refractivity contribution < 1.29 is 19.4 Å². The van der Waals surface area contributed by atoms with Crippen LogP contribution in [0.4, 0.5) is 0 Å². The number of cyclic esters (lactones) is 1. The van der Waals surface area contributed by atoms with E-state index in [0.717, 1.165) is 45.8 Å². The zero-order valence-electron chi connectivity index (χ0n) is 22.4. The van der Waals surface area contributed by atoms with E-state index >= 15 is 0 Å². The smallest absolute Gasteiger partial charge is 0.342 e. The quantitative estimate of drug-likeness (QED) is 0.199. The van der Waals surface area contributed by atoms with Crippen molar-refractivity contribution in [3.05, 3.63) is 136 Å². The Kier molecular flexibility index (Phi) is 7.69. The van der Waals surface area contributed by atoms with Gasteiger partial charge in [0.2, 0.25) is 0 Å². The first-order chi connectivity index (χ1) is 19.3. The second-order valence-corrected chi connectivity index (χ2v) is 10.4. The molecule has 4 aromatic carbocycles. The molecule has 0 bridgehead atoms. The summed E-state index contributed by atoms with van der Waals surface area (Å²) in [7, 11) is 0.